The second-order valence-electron chi connectivity index (χ2n) is 3.72. The molecule has 15 heavy (non-hydrogen) atoms. The molecule has 0 saturated heterocycles. The molecule has 1 aromatic carbocycles. The molecular weight excluding hydrogens is 186 g/mol. The Kier molecular flexibility index (Phi) is 6.67. The maximum atomic E-state index is 5.59. The van der Waals surface area contributed by atoms with Gasteiger partial charge in [-0.25, -0.2) is 0 Å². The van der Waals surface area contributed by atoms with E-state index in [1.54, 1.807) is 0 Å². The highest BCUT2D eigenvalue weighted by Gasteiger charge is 1.92. The molecule has 0 amide bonds. The van der Waals surface area contributed by atoms with Gasteiger partial charge in [-0.3, -0.25) is 0 Å². The Morgan fingerprint density at radius 1 is 0.867 bits per heavy atom. The number of rotatable bonds is 8. The van der Waals surface area contributed by atoms with Crippen molar-refractivity contribution in [3.63, 3.8) is 0 Å². The molecule has 0 atom stereocenters. The number of para-hydroxylation sites is 1. The van der Waals surface area contributed by atoms with E-state index < -0.39 is 0 Å². The molecule has 0 aromatic heterocycles. The van der Waals surface area contributed by atoms with Gasteiger partial charge in [0.2, 0.25) is 0 Å². The Balaban J connectivity index is 1.93. The first-order chi connectivity index (χ1) is 7.43. The maximum absolute atomic E-state index is 5.59. The summed E-state index contributed by atoms with van der Waals surface area (Å²) >= 11 is 0. The molecule has 0 aliphatic heterocycles. The lowest BCUT2D eigenvalue weighted by Crippen LogP contribution is -1.99. The van der Waals surface area contributed by atoms with Gasteiger partial charge in [-0.1, -0.05) is 37.5 Å². The minimum absolute atomic E-state index is 0.820. The van der Waals surface area contributed by atoms with Gasteiger partial charge in [0.25, 0.3) is 0 Å². The van der Waals surface area contributed by atoms with Gasteiger partial charge in [0.15, 0.2) is 0 Å². The van der Waals surface area contributed by atoms with Gasteiger partial charge in [0.1, 0.15) is 5.75 Å². The first-order valence-corrected chi connectivity index (χ1v) is 5.81. The van der Waals surface area contributed by atoms with Crippen molar-refractivity contribution in [3.8, 4) is 5.75 Å². The van der Waals surface area contributed by atoms with Crippen LogP contribution >= 0.6 is 0 Å². The zero-order valence-electron chi connectivity index (χ0n) is 9.32. The fourth-order valence-electron chi connectivity index (χ4n) is 1.48. The Bertz CT molecular complexity index is 236. The fraction of sp³-hybridized carbons (Fsp3) is 0.538. The lowest BCUT2D eigenvalue weighted by Gasteiger charge is -2.05. The van der Waals surface area contributed by atoms with Crippen molar-refractivity contribution in [1.29, 1.82) is 0 Å². The molecule has 1 aromatic rings. The summed E-state index contributed by atoms with van der Waals surface area (Å²) in [7, 11) is 0. The van der Waals surface area contributed by atoms with E-state index >= 15 is 0 Å². The Labute approximate surface area is 92.4 Å². The predicted molar refractivity (Wildman–Crippen MR) is 64.1 cm³/mol. The molecule has 0 fully saturated rings. The lowest BCUT2D eigenvalue weighted by atomic mass is 10.1. The third-order valence-electron chi connectivity index (χ3n) is 2.36. The maximum Gasteiger partial charge on any atom is 0.119 e. The largest absolute Gasteiger partial charge is 0.494 e. The minimum atomic E-state index is 0.820. The van der Waals surface area contributed by atoms with Crippen LogP contribution in [0, 0.1) is 0 Å². The summed E-state index contributed by atoms with van der Waals surface area (Å²) in [6.07, 6.45) is 6.06. The van der Waals surface area contributed by atoms with Gasteiger partial charge >= 0.3 is 0 Å². The van der Waals surface area contributed by atoms with Gasteiger partial charge < -0.3 is 10.5 Å². The van der Waals surface area contributed by atoms with E-state index in [0.29, 0.717) is 0 Å². The van der Waals surface area contributed by atoms with Gasteiger partial charge in [0, 0.05) is 0 Å². The topological polar surface area (TPSA) is 35.2 Å². The van der Waals surface area contributed by atoms with Crippen molar-refractivity contribution in [3.05, 3.63) is 30.3 Å². The monoisotopic (exact) mass is 207 g/mol. The standard InChI is InChI=1S/C13H21NO/c14-11-7-2-1-3-8-12-15-13-9-5-4-6-10-13/h4-6,9-10H,1-3,7-8,11-12,14H2. The van der Waals surface area contributed by atoms with Gasteiger partial charge in [-0.05, 0) is 31.5 Å². The molecule has 0 unspecified atom stereocenters. The van der Waals surface area contributed by atoms with E-state index in [1.165, 1.54) is 19.3 Å². The predicted octanol–water partition coefficient (Wildman–Crippen LogP) is 2.97. The first kappa shape index (κ1) is 12.1. The van der Waals surface area contributed by atoms with E-state index in [9.17, 15) is 0 Å². The highest BCUT2D eigenvalue weighted by molar-refractivity contribution is 5.20. The molecular formula is C13H21NO. The number of hydrogen-bond donors (Lipinski definition) is 1. The summed E-state index contributed by atoms with van der Waals surface area (Å²) in [4.78, 5) is 0. The highest BCUT2D eigenvalue weighted by Crippen LogP contribution is 2.09. The van der Waals surface area contributed by atoms with Crippen LogP contribution in [0.5, 0.6) is 5.75 Å². The van der Waals surface area contributed by atoms with Crippen LogP contribution in [0.2, 0.25) is 0 Å². The summed E-state index contributed by atoms with van der Waals surface area (Å²) in [5, 5.41) is 0. The van der Waals surface area contributed by atoms with E-state index in [-0.39, 0.29) is 0 Å². The molecule has 1 rings (SSSR count). The molecule has 0 heterocycles. The summed E-state index contributed by atoms with van der Waals surface area (Å²) in [6, 6.07) is 9.98. The molecule has 0 aliphatic rings. The Morgan fingerprint density at radius 2 is 1.53 bits per heavy atom. The van der Waals surface area contributed by atoms with E-state index in [4.69, 9.17) is 10.5 Å². The van der Waals surface area contributed by atoms with Crippen LogP contribution in [-0.4, -0.2) is 13.2 Å². The third kappa shape index (κ3) is 6.13. The number of nitrogens with two attached hydrogens (primary N) is 1. The second-order valence-corrected chi connectivity index (χ2v) is 3.72. The van der Waals surface area contributed by atoms with Crippen molar-refractivity contribution in [2.24, 2.45) is 5.73 Å². The van der Waals surface area contributed by atoms with Crippen molar-refractivity contribution < 1.29 is 4.74 Å². The zero-order chi connectivity index (χ0) is 10.8. The van der Waals surface area contributed by atoms with Crippen LogP contribution in [-0.2, 0) is 0 Å². The molecule has 0 bridgehead atoms. The molecule has 0 aliphatic carbocycles. The Morgan fingerprint density at radius 3 is 2.27 bits per heavy atom. The van der Waals surface area contributed by atoms with Crippen LogP contribution in [0.25, 0.3) is 0 Å². The summed E-state index contributed by atoms with van der Waals surface area (Å²) in [6.45, 7) is 1.65. The number of benzene rings is 1. The zero-order valence-corrected chi connectivity index (χ0v) is 9.32. The molecule has 2 nitrogen and oxygen atoms in total. The van der Waals surface area contributed by atoms with Gasteiger partial charge in [0.05, 0.1) is 6.61 Å². The van der Waals surface area contributed by atoms with E-state index in [2.05, 4.69) is 0 Å². The normalized spacial score (nSPS) is 10.2. The van der Waals surface area contributed by atoms with Gasteiger partial charge in [-0.15, -0.1) is 0 Å². The lowest BCUT2D eigenvalue weighted by molar-refractivity contribution is 0.304. The molecule has 84 valence electrons. The third-order valence-corrected chi connectivity index (χ3v) is 2.36. The average Bonchev–Trinajstić information content (AvgIpc) is 2.29. The van der Waals surface area contributed by atoms with Crippen molar-refractivity contribution in [2.45, 2.75) is 32.1 Å². The van der Waals surface area contributed by atoms with Crippen LogP contribution in [0.3, 0.4) is 0 Å². The summed E-state index contributed by atoms with van der Waals surface area (Å²) < 4.78 is 5.59. The molecule has 2 heteroatoms. The van der Waals surface area contributed by atoms with E-state index in [1.807, 2.05) is 30.3 Å². The van der Waals surface area contributed by atoms with Crippen molar-refractivity contribution in [1.82, 2.24) is 0 Å². The van der Waals surface area contributed by atoms with Gasteiger partial charge in [-0.2, -0.15) is 0 Å². The molecule has 0 spiro atoms. The number of ether oxygens (including phenoxy) is 1. The SMILES string of the molecule is NCCCCCCCOc1ccccc1. The summed E-state index contributed by atoms with van der Waals surface area (Å²) in [5.74, 6) is 0.972. The molecule has 0 radical (unpaired) electrons. The molecule has 0 saturated carbocycles. The van der Waals surface area contributed by atoms with Crippen molar-refractivity contribution >= 4 is 0 Å². The molecule has 2 N–H and O–H groups in total. The summed E-state index contributed by atoms with van der Waals surface area (Å²) in [5.41, 5.74) is 5.42. The van der Waals surface area contributed by atoms with Crippen LogP contribution in [0.4, 0.5) is 0 Å². The quantitative estimate of drug-likeness (QED) is 0.665. The highest BCUT2D eigenvalue weighted by atomic mass is 16.5. The average molecular weight is 207 g/mol. The fourth-order valence-corrected chi connectivity index (χ4v) is 1.48. The Hall–Kier alpha value is -1.02. The first-order valence-electron chi connectivity index (χ1n) is 5.81. The second kappa shape index (κ2) is 8.30. The van der Waals surface area contributed by atoms with Crippen LogP contribution in [0.1, 0.15) is 32.1 Å². The van der Waals surface area contributed by atoms with Crippen LogP contribution in [0.15, 0.2) is 30.3 Å². The smallest absolute Gasteiger partial charge is 0.119 e. The van der Waals surface area contributed by atoms with E-state index in [0.717, 1.165) is 31.7 Å². The number of hydrogen-bond acceptors (Lipinski definition) is 2. The number of unbranched alkanes of at least 4 members (excludes halogenated alkanes) is 4. The minimum Gasteiger partial charge on any atom is -0.494 e. The van der Waals surface area contributed by atoms with Crippen molar-refractivity contribution in [2.75, 3.05) is 13.2 Å². The van der Waals surface area contributed by atoms with Crippen LogP contribution < -0.4 is 10.5 Å².